The van der Waals surface area contributed by atoms with Crippen LogP contribution in [0.1, 0.15) is 30.9 Å². The van der Waals surface area contributed by atoms with Crippen LogP contribution in [0.15, 0.2) is 60.7 Å². The number of aliphatic carboxylic acids is 1. The molecule has 5 N–H and O–H groups in total. The Balaban J connectivity index is 1.84. The smallest absolute Gasteiger partial charge is 0.326 e. The van der Waals surface area contributed by atoms with Gasteiger partial charge in [0.15, 0.2) is 0 Å². The number of carboxylic acids is 1. The van der Waals surface area contributed by atoms with Crippen LogP contribution in [-0.4, -0.2) is 64.4 Å². The van der Waals surface area contributed by atoms with Crippen molar-refractivity contribution in [2.45, 2.75) is 56.8 Å². The number of hydrogen-bond donors (Lipinski definition) is 4. The largest absolute Gasteiger partial charge is 0.480 e. The van der Waals surface area contributed by atoms with Crippen LogP contribution in [0.4, 0.5) is 0 Å². The summed E-state index contributed by atoms with van der Waals surface area (Å²) in [6.07, 6.45) is 1.34. The normalized spacial score (nSPS) is 17.8. The van der Waals surface area contributed by atoms with Gasteiger partial charge >= 0.3 is 5.97 Å². The van der Waals surface area contributed by atoms with E-state index in [0.29, 0.717) is 19.4 Å². The second-order valence-corrected chi connectivity index (χ2v) is 8.82. The van der Waals surface area contributed by atoms with Crippen LogP contribution >= 0.6 is 0 Å². The van der Waals surface area contributed by atoms with E-state index in [2.05, 4.69) is 10.6 Å². The molecule has 0 radical (unpaired) electrons. The molecule has 2 aromatic carbocycles. The van der Waals surface area contributed by atoms with Crippen molar-refractivity contribution in [1.29, 1.82) is 0 Å². The van der Waals surface area contributed by atoms with Crippen molar-refractivity contribution < 1.29 is 24.3 Å². The van der Waals surface area contributed by atoms with Crippen molar-refractivity contribution in [3.63, 3.8) is 0 Å². The lowest BCUT2D eigenvalue weighted by atomic mass is 10.0. The van der Waals surface area contributed by atoms with E-state index < -0.39 is 47.9 Å². The lowest BCUT2D eigenvalue weighted by Gasteiger charge is -2.29. The number of carbonyl (C=O) groups is 4. The van der Waals surface area contributed by atoms with Gasteiger partial charge < -0.3 is 26.4 Å². The maximum atomic E-state index is 13.5. The number of carboxylic acid groups (broad SMARTS) is 1. The first-order valence-electron chi connectivity index (χ1n) is 11.7. The standard InChI is InChI=1S/C26H32N4O5/c1-17(27)23(31)28-20(15-18-9-4-2-5-10-18)24(32)29-21(16-19-11-6-3-7-12-19)25(33)30-14-8-13-22(30)26(34)35/h2-7,9-12,17,20-22H,8,13-16,27H2,1H3,(H,28,31)(H,29,32)(H,34,35). The van der Waals surface area contributed by atoms with Gasteiger partial charge in [-0.15, -0.1) is 0 Å². The Labute approximate surface area is 204 Å². The van der Waals surface area contributed by atoms with Gasteiger partial charge in [0.05, 0.1) is 6.04 Å². The number of likely N-dealkylation sites (tertiary alicyclic amines) is 1. The highest BCUT2D eigenvalue weighted by Gasteiger charge is 2.38. The van der Waals surface area contributed by atoms with Crippen molar-refractivity contribution in [2.75, 3.05) is 6.54 Å². The van der Waals surface area contributed by atoms with E-state index in [9.17, 15) is 24.3 Å². The molecule has 9 heteroatoms. The molecule has 3 rings (SSSR count). The molecule has 1 saturated heterocycles. The van der Waals surface area contributed by atoms with Crippen LogP contribution in [-0.2, 0) is 32.0 Å². The molecular formula is C26H32N4O5. The van der Waals surface area contributed by atoms with Gasteiger partial charge in [0.2, 0.25) is 17.7 Å². The lowest BCUT2D eigenvalue weighted by Crippen LogP contribution is -2.58. The van der Waals surface area contributed by atoms with Crippen LogP contribution in [0.3, 0.4) is 0 Å². The van der Waals surface area contributed by atoms with Crippen LogP contribution in [0.25, 0.3) is 0 Å². The van der Waals surface area contributed by atoms with Crippen molar-refractivity contribution in [3.05, 3.63) is 71.8 Å². The second kappa shape index (κ2) is 12.1. The summed E-state index contributed by atoms with van der Waals surface area (Å²) in [4.78, 5) is 52.2. The summed E-state index contributed by atoms with van der Waals surface area (Å²) in [6, 6.07) is 14.7. The highest BCUT2D eigenvalue weighted by molar-refractivity contribution is 5.94. The molecular weight excluding hydrogens is 448 g/mol. The number of nitrogens with two attached hydrogens (primary N) is 1. The lowest BCUT2D eigenvalue weighted by molar-refractivity contribution is -0.149. The first-order chi connectivity index (χ1) is 16.8. The fourth-order valence-electron chi connectivity index (χ4n) is 4.17. The zero-order valence-corrected chi connectivity index (χ0v) is 19.7. The van der Waals surface area contributed by atoms with E-state index >= 15 is 0 Å². The number of nitrogens with one attached hydrogen (secondary N) is 2. The first-order valence-corrected chi connectivity index (χ1v) is 11.7. The molecule has 2 aromatic rings. The third kappa shape index (κ3) is 7.13. The molecule has 0 saturated carbocycles. The molecule has 1 aliphatic rings. The Morgan fingerprint density at radius 2 is 1.43 bits per heavy atom. The van der Waals surface area contributed by atoms with Gasteiger partial charge in [0.1, 0.15) is 18.1 Å². The van der Waals surface area contributed by atoms with E-state index in [1.54, 1.807) is 0 Å². The van der Waals surface area contributed by atoms with E-state index in [1.807, 2.05) is 60.7 Å². The van der Waals surface area contributed by atoms with E-state index in [1.165, 1.54) is 11.8 Å². The molecule has 186 valence electrons. The Kier molecular flexibility index (Phi) is 8.97. The fourth-order valence-corrected chi connectivity index (χ4v) is 4.17. The molecule has 9 nitrogen and oxygen atoms in total. The fraction of sp³-hybridized carbons (Fsp3) is 0.385. The zero-order valence-electron chi connectivity index (χ0n) is 19.7. The molecule has 0 bridgehead atoms. The number of carbonyl (C=O) groups excluding carboxylic acids is 3. The highest BCUT2D eigenvalue weighted by Crippen LogP contribution is 2.20. The Hall–Kier alpha value is -3.72. The van der Waals surface area contributed by atoms with Crippen LogP contribution in [0, 0.1) is 0 Å². The maximum Gasteiger partial charge on any atom is 0.326 e. The molecule has 35 heavy (non-hydrogen) atoms. The van der Waals surface area contributed by atoms with Gasteiger partial charge in [-0.1, -0.05) is 60.7 Å². The molecule has 0 aliphatic carbocycles. The molecule has 1 heterocycles. The molecule has 0 spiro atoms. The summed E-state index contributed by atoms with van der Waals surface area (Å²) in [5.74, 6) is -2.54. The minimum absolute atomic E-state index is 0.188. The Morgan fingerprint density at radius 1 is 0.914 bits per heavy atom. The van der Waals surface area contributed by atoms with Gasteiger partial charge in [-0.05, 0) is 30.9 Å². The van der Waals surface area contributed by atoms with Crippen molar-refractivity contribution >= 4 is 23.7 Å². The SMILES string of the molecule is CC(N)C(=O)NC(Cc1ccccc1)C(=O)NC(Cc1ccccc1)C(=O)N1CCCC1C(=O)O. The van der Waals surface area contributed by atoms with Gasteiger partial charge in [-0.3, -0.25) is 14.4 Å². The zero-order chi connectivity index (χ0) is 25.4. The van der Waals surface area contributed by atoms with Gasteiger partial charge in [-0.25, -0.2) is 4.79 Å². The number of hydrogen-bond acceptors (Lipinski definition) is 5. The minimum atomic E-state index is -1.06. The molecule has 4 atom stereocenters. The third-order valence-corrected chi connectivity index (χ3v) is 6.05. The summed E-state index contributed by atoms with van der Waals surface area (Å²) in [5, 5.41) is 15.0. The average molecular weight is 481 g/mol. The predicted molar refractivity (Wildman–Crippen MR) is 130 cm³/mol. The number of benzene rings is 2. The van der Waals surface area contributed by atoms with E-state index in [4.69, 9.17) is 5.73 Å². The molecule has 4 unspecified atom stereocenters. The molecule has 1 fully saturated rings. The van der Waals surface area contributed by atoms with Crippen LogP contribution < -0.4 is 16.4 Å². The summed E-state index contributed by atoms with van der Waals surface area (Å²) in [7, 11) is 0. The van der Waals surface area contributed by atoms with Crippen molar-refractivity contribution in [3.8, 4) is 0 Å². The highest BCUT2D eigenvalue weighted by atomic mass is 16.4. The quantitative estimate of drug-likeness (QED) is 0.397. The number of amides is 3. The van der Waals surface area contributed by atoms with Crippen LogP contribution in [0.5, 0.6) is 0 Å². The minimum Gasteiger partial charge on any atom is -0.480 e. The first kappa shape index (κ1) is 25.9. The van der Waals surface area contributed by atoms with E-state index in [0.717, 1.165) is 11.1 Å². The van der Waals surface area contributed by atoms with Gasteiger partial charge in [0, 0.05) is 19.4 Å². The predicted octanol–water partition coefficient (Wildman–Crippen LogP) is 0.864. The monoisotopic (exact) mass is 480 g/mol. The molecule has 0 aromatic heterocycles. The Morgan fingerprint density at radius 3 is 1.94 bits per heavy atom. The average Bonchev–Trinajstić information content (AvgIpc) is 3.34. The Bertz CT molecular complexity index is 1030. The van der Waals surface area contributed by atoms with Crippen molar-refractivity contribution in [1.82, 2.24) is 15.5 Å². The molecule has 3 amide bonds. The van der Waals surface area contributed by atoms with Crippen LogP contribution in [0.2, 0.25) is 0 Å². The summed E-state index contributed by atoms with van der Waals surface area (Å²) >= 11 is 0. The topological polar surface area (TPSA) is 142 Å². The molecule has 1 aliphatic heterocycles. The second-order valence-electron chi connectivity index (χ2n) is 8.82. The summed E-state index contributed by atoms with van der Waals surface area (Å²) in [5.41, 5.74) is 7.34. The van der Waals surface area contributed by atoms with Gasteiger partial charge in [0.25, 0.3) is 0 Å². The number of nitrogens with zero attached hydrogens (tertiary/aromatic N) is 1. The number of rotatable bonds is 10. The van der Waals surface area contributed by atoms with Gasteiger partial charge in [-0.2, -0.15) is 0 Å². The third-order valence-electron chi connectivity index (χ3n) is 6.05. The van der Waals surface area contributed by atoms with E-state index in [-0.39, 0.29) is 12.8 Å². The summed E-state index contributed by atoms with van der Waals surface area (Å²) in [6.45, 7) is 1.83. The summed E-state index contributed by atoms with van der Waals surface area (Å²) < 4.78 is 0. The maximum absolute atomic E-state index is 13.5. The van der Waals surface area contributed by atoms with Crippen molar-refractivity contribution in [2.24, 2.45) is 5.73 Å².